The first kappa shape index (κ1) is 14.6. The standard InChI is InChI=1S/C18H19FOS/c19-16-6-8-18(9-7-16)21-12-17(20)11-13-4-5-14-2-1-3-15(14)10-13/h4-10,17,20H,1-3,11-12H2. The second-order valence-corrected chi connectivity index (χ2v) is 6.67. The minimum atomic E-state index is -0.375. The fraction of sp³-hybridized carbons (Fsp3) is 0.333. The van der Waals surface area contributed by atoms with Crippen molar-refractivity contribution in [3.63, 3.8) is 0 Å². The maximum Gasteiger partial charge on any atom is 0.123 e. The lowest BCUT2D eigenvalue weighted by molar-refractivity contribution is 0.200. The summed E-state index contributed by atoms with van der Waals surface area (Å²) in [4.78, 5) is 0.990. The van der Waals surface area contributed by atoms with Gasteiger partial charge in [0.15, 0.2) is 0 Å². The number of thioether (sulfide) groups is 1. The predicted molar refractivity (Wildman–Crippen MR) is 85.3 cm³/mol. The van der Waals surface area contributed by atoms with Gasteiger partial charge in [0.1, 0.15) is 5.82 Å². The molecule has 3 rings (SSSR count). The highest BCUT2D eigenvalue weighted by atomic mass is 32.2. The lowest BCUT2D eigenvalue weighted by Crippen LogP contribution is -2.13. The van der Waals surface area contributed by atoms with Gasteiger partial charge >= 0.3 is 0 Å². The highest BCUT2D eigenvalue weighted by molar-refractivity contribution is 7.99. The van der Waals surface area contributed by atoms with Crippen LogP contribution in [0.3, 0.4) is 0 Å². The second-order valence-electron chi connectivity index (χ2n) is 5.58. The smallest absolute Gasteiger partial charge is 0.123 e. The van der Waals surface area contributed by atoms with E-state index in [1.54, 1.807) is 23.9 Å². The third-order valence-corrected chi connectivity index (χ3v) is 5.05. The van der Waals surface area contributed by atoms with Crippen LogP contribution in [-0.2, 0) is 19.3 Å². The first-order chi connectivity index (χ1) is 10.2. The van der Waals surface area contributed by atoms with Crippen LogP contribution in [0.4, 0.5) is 4.39 Å². The quantitative estimate of drug-likeness (QED) is 0.842. The van der Waals surface area contributed by atoms with Gasteiger partial charge in [-0.1, -0.05) is 18.2 Å². The van der Waals surface area contributed by atoms with Crippen molar-refractivity contribution >= 4 is 11.8 Å². The molecule has 0 fully saturated rings. The number of aryl methyl sites for hydroxylation is 2. The lowest BCUT2D eigenvalue weighted by Gasteiger charge is -2.11. The first-order valence-corrected chi connectivity index (χ1v) is 8.36. The Bertz CT molecular complexity index is 609. The highest BCUT2D eigenvalue weighted by Gasteiger charge is 2.13. The molecule has 2 aromatic carbocycles. The van der Waals surface area contributed by atoms with E-state index in [1.807, 2.05) is 0 Å². The lowest BCUT2D eigenvalue weighted by atomic mass is 10.0. The van der Waals surface area contributed by atoms with Crippen LogP contribution in [0.15, 0.2) is 47.4 Å². The topological polar surface area (TPSA) is 20.2 Å². The Morgan fingerprint density at radius 2 is 1.81 bits per heavy atom. The van der Waals surface area contributed by atoms with Gasteiger partial charge in [0.05, 0.1) is 6.10 Å². The Kier molecular flexibility index (Phi) is 4.61. The van der Waals surface area contributed by atoms with Gasteiger partial charge in [-0.15, -0.1) is 11.8 Å². The molecule has 1 N–H and O–H groups in total. The van der Waals surface area contributed by atoms with Crippen LogP contribution in [0.2, 0.25) is 0 Å². The van der Waals surface area contributed by atoms with E-state index in [0.717, 1.165) is 4.90 Å². The molecule has 0 aliphatic heterocycles. The van der Waals surface area contributed by atoms with E-state index in [4.69, 9.17) is 0 Å². The number of benzene rings is 2. The summed E-state index contributed by atoms with van der Waals surface area (Å²) in [6, 6.07) is 13.0. The molecule has 1 nitrogen and oxygen atoms in total. The van der Waals surface area contributed by atoms with Crippen LogP contribution in [0.5, 0.6) is 0 Å². The SMILES string of the molecule is OC(CSc1ccc(F)cc1)Cc1ccc2c(c1)CCC2. The maximum absolute atomic E-state index is 12.8. The molecule has 3 heteroatoms. The number of hydrogen-bond acceptors (Lipinski definition) is 2. The first-order valence-electron chi connectivity index (χ1n) is 7.38. The molecule has 110 valence electrons. The van der Waals surface area contributed by atoms with Crippen LogP contribution in [0.1, 0.15) is 23.1 Å². The minimum Gasteiger partial charge on any atom is -0.392 e. The van der Waals surface area contributed by atoms with Gasteiger partial charge in [0, 0.05) is 10.6 Å². The van der Waals surface area contributed by atoms with E-state index < -0.39 is 0 Å². The zero-order valence-electron chi connectivity index (χ0n) is 11.9. The van der Waals surface area contributed by atoms with Crippen molar-refractivity contribution in [3.8, 4) is 0 Å². The van der Waals surface area contributed by atoms with E-state index in [-0.39, 0.29) is 11.9 Å². The molecule has 1 aliphatic carbocycles. The molecule has 0 spiro atoms. The summed E-state index contributed by atoms with van der Waals surface area (Å²) < 4.78 is 12.8. The van der Waals surface area contributed by atoms with Crippen molar-refractivity contribution < 1.29 is 9.50 Å². The average Bonchev–Trinajstić information content (AvgIpc) is 2.94. The molecule has 1 atom stereocenters. The van der Waals surface area contributed by atoms with Crippen molar-refractivity contribution in [2.45, 2.75) is 36.7 Å². The summed E-state index contributed by atoms with van der Waals surface area (Å²) in [5, 5.41) is 10.2. The predicted octanol–water partition coefficient (Wildman–Crippen LogP) is 4.01. The van der Waals surface area contributed by atoms with Crippen LogP contribution in [0.25, 0.3) is 0 Å². The van der Waals surface area contributed by atoms with E-state index in [1.165, 1.54) is 48.1 Å². The van der Waals surface area contributed by atoms with Crippen LogP contribution in [0, 0.1) is 5.82 Å². The van der Waals surface area contributed by atoms with Crippen molar-refractivity contribution in [1.82, 2.24) is 0 Å². The molecule has 0 heterocycles. The van der Waals surface area contributed by atoms with Gasteiger partial charge < -0.3 is 5.11 Å². The summed E-state index contributed by atoms with van der Waals surface area (Å²) in [6.07, 6.45) is 3.92. The molecule has 0 radical (unpaired) electrons. The third-order valence-electron chi connectivity index (χ3n) is 3.89. The number of halogens is 1. The Morgan fingerprint density at radius 3 is 2.62 bits per heavy atom. The number of aliphatic hydroxyl groups is 1. The second kappa shape index (κ2) is 6.63. The van der Waals surface area contributed by atoms with E-state index in [9.17, 15) is 9.50 Å². The number of rotatable bonds is 5. The fourth-order valence-corrected chi connectivity index (χ4v) is 3.64. The molecule has 0 bridgehead atoms. The van der Waals surface area contributed by atoms with Gasteiger partial charge in [-0.05, 0) is 66.6 Å². The number of fused-ring (bicyclic) bond motifs is 1. The minimum absolute atomic E-state index is 0.224. The monoisotopic (exact) mass is 302 g/mol. The number of aliphatic hydroxyl groups excluding tert-OH is 1. The zero-order valence-corrected chi connectivity index (χ0v) is 12.7. The Balaban J connectivity index is 1.54. The summed E-state index contributed by atoms with van der Waals surface area (Å²) in [6.45, 7) is 0. The Hall–Kier alpha value is -1.32. The molecule has 21 heavy (non-hydrogen) atoms. The van der Waals surface area contributed by atoms with Gasteiger partial charge in [-0.2, -0.15) is 0 Å². The number of hydrogen-bond donors (Lipinski definition) is 1. The molecular weight excluding hydrogens is 283 g/mol. The summed E-state index contributed by atoms with van der Waals surface area (Å²) in [5.41, 5.74) is 4.13. The zero-order chi connectivity index (χ0) is 14.7. The van der Waals surface area contributed by atoms with E-state index >= 15 is 0 Å². The van der Waals surface area contributed by atoms with Crippen molar-refractivity contribution in [1.29, 1.82) is 0 Å². The molecule has 2 aromatic rings. The molecule has 0 saturated heterocycles. The summed E-state index contributed by atoms with van der Waals surface area (Å²) in [5.74, 6) is 0.404. The van der Waals surface area contributed by atoms with Crippen molar-refractivity contribution in [2.75, 3.05) is 5.75 Å². The van der Waals surface area contributed by atoms with Gasteiger partial charge in [0.25, 0.3) is 0 Å². The summed E-state index contributed by atoms with van der Waals surface area (Å²) >= 11 is 1.57. The molecule has 1 aliphatic rings. The third kappa shape index (κ3) is 3.86. The van der Waals surface area contributed by atoms with E-state index in [2.05, 4.69) is 18.2 Å². The van der Waals surface area contributed by atoms with E-state index in [0.29, 0.717) is 12.2 Å². The van der Waals surface area contributed by atoms with Crippen molar-refractivity contribution in [3.05, 3.63) is 65.0 Å². The van der Waals surface area contributed by atoms with Gasteiger partial charge in [0.2, 0.25) is 0 Å². The molecule has 0 amide bonds. The normalized spacial score (nSPS) is 15.0. The van der Waals surface area contributed by atoms with Crippen LogP contribution >= 0.6 is 11.8 Å². The van der Waals surface area contributed by atoms with Crippen LogP contribution < -0.4 is 0 Å². The largest absolute Gasteiger partial charge is 0.392 e. The molecular formula is C18H19FOS. The van der Waals surface area contributed by atoms with Crippen LogP contribution in [-0.4, -0.2) is 17.0 Å². The molecule has 0 aromatic heterocycles. The molecule has 1 unspecified atom stereocenters. The fourth-order valence-electron chi connectivity index (χ4n) is 2.81. The highest BCUT2D eigenvalue weighted by Crippen LogP contribution is 2.24. The summed E-state index contributed by atoms with van der Waals surface area (Å²) in [7, 11) is 0. The Morgan fingerprint density at radius 1 is 1.05 bits per heavy atom. The van der Waals surface area contributed by atoms with Gasteiger partial charge in [-0.3, -0.25) is 0 Å². The Labute approximate surface area is 129 Å². The van der Waals surface area contributed by atoms with Gasteiger partial charge in [-0.25, -0.2) is 4.39 Å². The van der Waals surface area contributed by atoms with Crippen molar-refractivity contribution in [2.24, 2.45) is 0 Å². The average molecular weight is 302 g/mol. The molecule has 0 saturated carbocycles. The maximum atomic E-state index is 12.8.